The third kappa shape index (κ3) is 12.7. The number of carboxylic acids is 3. The average Bonchev–Trinajstić information content (AvgIpc) is 2.61. The third-order valence-corrected chi connectivity index (χ3v) is 5.57. The van der Waals surface area contributed by atoms with Gasteiger partial charge in [0.1, 0.15) is 12.3 Å². The van der Waals surface area contributed by atoms with Crippen LogP contribution in [-0.4, -0.2) is 147 Å². The second-order valence-electron chi connectivity index (χ2n) is 7.51. The molecule has 31 heavy (non-hydrogen) atoms. The highest BCUT2D eigenvalue weighted by atomic mass is 31.2. The fourth-order valence-corrected chi connectivity index (χ4v) is 4.02. The summed E-state index contributed by atoms with van der Waals surface area (Å²) in [6, 6.07) is -1.15. The van der Waals surface area contributed by atoms with E-state index in [1.165, 1.54) is 4.90 Å². The molecule has 0 aromatic rings. The fourth-order valence-electron chi connectivity index (χ4n) is 3.22. The van der Waals surface area contributed by atoms with Crippen molar-refractivity contribution in [3.8, 4) is 0 Å². The van der Waals surface area contributed by atoms with Crippen LogP contribution in [0, 0.1) is 0 Å². The standard InChI is InChI=1S/C16H32N5O9P/c17-13(16(26)27)9-18-1-3-19(10-14(22)23)5-7-21(12-31(28,29)30)8-6-20(4-2-18)11-15(24)25/h13H,1-12,17H2,(H,22,23)(H,24,25)(H,26,27)(H2,28,29,30)/t13-/m1/s1. The van der Waals surface area contributed by atoms with E-state index in [1.807, 2.05) is 0 Å². The van der Waals surface area contributed by atoms with Gasteiger partial charge >= 0.3 is 25.5 Å². The molecule has 0 saturated carbocycles. The Bertz CT molecular complexity index is 629. The summed E-state index contributed by atoms with van der Waals surface area (Å²) < 4.78 is 11.5. The molecule has 0 radical (unpaired) electrons. The van der Waals surface area contributed by atoms with Gasteiger partial charge in [-0.1, -0.05) is 0 Å². The first kappa shape index (κ1) is 27.4. The first-order valence-corrected chi connectivity index (χ1v) is 11.5. The van der Waals surface area contributed by atoms with Gasteiger partial charge < -0.3 is 30.8 Å². The van der Waals surface area contributed by atoms with Gasteiger partial charge in [-0.3, -0.25) is 38.5 Å². The largest absolute Gasteiger partial charge is 0.480 e. The van der Waals surface area contributed by atoms with Crippen molar-refractivity contribution in [2.24, 2.45) is 5.73 Å². The highest BCUT2D eigenvalue weighted by Crippen LogP contribution is 2.34. The molecule has 1 atom stereocenters. The Labute approximate surface area is 180 Å². The number of carbonyl (C=O) groups is 3. The molecule has 7 N–H and O–H groups in total. The van der Waals surface area contributed by atoms with Gasteiger partial charge in [-0.05, 0) is 0 Å². The molecule has 180 valence electrons. The molecule has 1 aliphatic heterocycles. The van der Waals surface area contributed by atoms with Crippen LogP contribution >= 0.6 is 7.60 Å². The summed E-state index contributed by atoms with van der Waals surface area (Å²) in [6.45, 7) is 1.35. The SMILES string of the molecule is N[C@H](CN1CCN(CC(=O)O)CCN(CP(=O)(O)O)CCN(CC(=O)O)CC1)C(=O)O. The maximum Gasteiger partial charge on any atom is 0.339 e. The highest BCUT2D eigenvalue weighted by Gasteiger charge is 2.24. The molecular formula is C16H32N5O9P. The Morgan fingerprint density at radius 1 is 0.742 bits per heavy atom. The molecule has 1 fully saturated rings. The first-order chi connectivity index (χ1) is 14.4. The van der Waals surface area contributed by atoms with Crippen LogP contribution in [0.5, 0.6) is 0 Å². The number of nitrogens with two attached hydrogens (primary N) is 1. The number of rotatable bonds is 9. The van der Waals surface area contributed by atoms with E-state index >= 15 is 0 Å². The van der Waals surface area contributed by atoms with Crippen LogP contribution in [0.1, 0.15) is 0 Å². The Morgan fingerprint density at radius 3 is 1.42 bits per heavy atom. The zero-order valence-electron chi connectivity index (χ0n) is 17.2. The van der Waals surface area contributed by atoms with Crippen molar-refractivity contribution < 1.29 is 44.1 Å². The lowest BCUT2D eigenvalue weighted by molar-refractivity contribution is -0.139. The number of carboxylic acid groups (broad SMARTS) is 3. The molecule has 1 saturated heterocycles. The molecule has 0 unspecified atom stereocenters. The molecule has 0 amide bonds. The minimum absolute atomic E-state index is 0.0154. The summed E-state index contributed by atoms with van der Waals surface area (Å²) in [7, 11) is -4.36. The molecule has 14 nitrogen and oxygen atoms in total. The lowest BCUT2D eigenvalue weighted by Crippen LogP contribution is -2.50. The summed E-state index contributed by atoms with van der Waals surface area (Å²) in [5.41, 5.74) is 5.63. The minimum Gasteiger partial charge on any atom is -0.480 e. The Hall–Kier alpha value is -1.64. The lowest BCUT2D eigenvalue weighted by atomic mass is 10.2. The number of hydrogen-bond donors (Lipinski definition) is 6. The maximum absolute atomic E-state index is 11.5. The van der Waals surface area contributed by atoms with Crippen LogP contribution in [0.2, 0.25) is 0 Å². The van der Waals surface area contributed by atoms with Gasteiger partial charge in [-0.25, -0.2) is 0 Å². The molecule has 1 heterocycles. The summed E-state index contributed by atoms with van der Waals surface area (Å²) in [6.07, 6.45) is -0.519. The van der Waals surface area contributed by atoms with Crippen LogP contribution in [0.25, 0.3) is 0 Å². The van der Waals surface area contributed by atoms with Gasteiger partial charge in [0.15, 0.2) is 0 Å². The Balaban J connectivity index is 2.99. The van der Waals surface area contributed by atoms with Crippen molar-refractivity contribution in [2.45, 2.75) is 6.04 Å². The predicted molar refractivity (Wildman–Crippen MR) is 109 cm³/mol. The molecule has 0 aliphatic carbocycles. The van der Waals surface area contributed by atoms with Gasteiger partial charge in [0, 0.05) is 58.9 Å². The quantitative estimate of drug-likeness (QED) is 0.185. The maximum atomic E-state index is 11.5. The van der Waals surface area contributed by atoms with Gasteiger partial charge in [0.05, 0.1) is 13.1 Å². The molecule has 1 aliphatic rings. The second-order valence-corrected chi connectivity index (χ2v) is 9.12. The summed E-state index contributed by atoms with van der Waals surface area (Å²) >= 11 is 0. The van der Waals surface area contributed by atoms with Crippen LogP contribution < -0.4 is 5.73 Å². The topological polar surface area (TPSA) is 208 Å². The summed E-state index contributed by atoms with van der Waals surface area (Å²) in [5.74, 6) is -3.30. The molecule has 0 spiro atoms. The van der Waals surface area contributed by atoms with Gasteiger partial charge in [-0.2, -0.15) is 0 Å². The van der Waals surface area contributed by atoms with Crippen LogP contribution in [0.4, 0.5) is 0 Å². The minimum atomic E-state index is -4.36. The summed E-state index contributed by atoms with van der Waals surface area (Å²) in [5, 5.41) is 27.4. The van der Waals surface area contributed by atoms with Gasteiger partial charge in [0.25, 0.3) is 0 Å². The van der Waals surface area contributed by atoms with E-state index in [2.05, 4.69) is 0 Å². The Kier molecular flexibility index (Phi) is 11.5. The lowest BCUT2D eigenvalue weighted by Gasteiger charge is -2.33. The van der Waals surface area contributed by atoms with E-state index in [1.54, 1.807) is 14.7 Å². The predicted octanol–water partition coefficient (Wildman–Crippen LogP) is -3.08. The van der Waals surface area contributed by atoms with Crippen molar-refractivity contribution in [3.05, 3.63) is 0 Å². The third-order valence-electron chi connectivity index (χ3n) is 4.80. The van der Waals surface area contributed by atoms with E-state index in [4.69, 9.17) is 21.1 Å². The van der Waals surface area contributed by atoms with Crippen LogP contribution in [-0.2, 0) is 18.9 Å². The van der Waals surface area contributed by atoms with Crippen LogP contribution in [0.3, 0.4) is 0 Å². The normalized spacial score (nSPS) is 20.5. The molecule has 0 aromatic carbocycles. The Morgan fingerprint density at radius 2 is 1.10 bits per heavy atom. The van der Waals surface area contributed by atoms with Crippen molar-refractivity contribution in [2.75, 3.05) is 78.3 Å². The average molecular weight is 469 g/mol. The van der Waals surface area contributed by atoms with Crippen molar-refractivity contribution in [1.82, 2.24) is 19.6 Å². The molecule has 0 aromatic heterocycles. The van der Waals surface area contributed by atoms with Crippen molar-refractivity contribution in [3.63, 3.8) is 0 Å². The monoisotopic (exact) mass is 469 g/mol. The molecule has 15 heteroatoms. The molecule has 0 bridgehead atoms. The highest BCUT2D eigenvalue weighted by molar-refractivity contribution is 7.51. The van der Waals surface area contributed by atoms with Gasteiger partial charge in [-0.15, -0.1) is 0 Å². The second kappa shape index (κ2) is 13.0. The zero-order valence-corrected chi connectivity index (χ0v) is 18.1. The number of nitrogens with zero attached hydrogens (tertiary/aromatic N) is 4. The van der Waals surface area contributed by atoms with E-state index in [0.717, 1.165) is 0 Å². The summed E-state index contributed by atoms with van der Waals surface area (Å²) in [4.78, 5) is 58.6. The van der Waals surface area contributed by atoms with Gasteiger partial charge in [0.2, 0.25) is 0 Å². The smallest absolute Gasteiger partial charge is 0.339 e. The molecule has 1 rings (SSSR count). The van der Waals surface area contributed by atoms with Crippen molar-refractivity contribution in [1.29, 1.82) is 0 Å². The van der Waals surface area contributed by atoms with E-state index in [0.29, 0.717) is 13.1 Å². The number of aliphatic carboxylic acids is 3. The molecular weight excluding hydrogens is 437 g/mol. The van der Waals surface area contributed by atoms with E-state index in [9.17, 15) is 28.7 Å². The fraction of sp³-hybridized carbons (Fsp3) is 0.812. The van der Waals surface area contributed by atoms with E-state index in [-0.39, 0.29) is 58.9 Å². The van der Waals surface area contributed by atoms with E-state index < -0.39 is 37.8 Å². The first-order valence-electron chi connectivity index (χ1n) is 9.71. The van der Waals surface area contributed by atoms with Crippen molar-refractivity contribution >= 4 is 25.5 Å². The zero-order chi connectivity index (χ0) is 23.6. The van der Waals surface area contributed by atoms with Crippen LogP contribution in [0.15, 0.2) is 0 Å². The number of hydrogen-bond acceptors (Lipinski definition) is 9.